The van der Waals surface area contributed by atoms with E-state index in [0.717, 1.165) is 25.6 Å². The Labute approximate surface area is 93.9 Å². The molecule has 0 aliphatic carbocycles. The lowest BCUT2D eigenvalue weighted by molar-refractivity contribution is 0.112. The number of rotatable bonds is 6. The monoisotopic (exact) mass is 214 g/mol. The van der Waals surface area contributed by atoms with Gasteiger partial charge < -0.3 is 10.4 Å². The van der Waals surface area contributed by atoms with Crippen LogP contribution in [-0.2, 0) is 0 Å². The Hall–Kier alpha value is -0.120. The summed E-state index contributed by atoms with van der Waals surface area (Å²) >= 11 is 0. The predicted molar refractivity (Wildman–Crippen MR) is 64.0 cm³/mol. The number of aliphatic hydroxyl groups is 1. The highest BCUT2D eigenvalue weighted by atomic mass is 16.3. The van der Waals surface area contributed by atoms with Crippen molar-refractivity contribution < 1.29 is 5.11 Å². The third-order valence-electron chi connectivity index (χ3n) is 3.22. The lowest BCUT2D eigenvalue weighted by Crippen LogP contribution is -2.49. The second-order valence-corrected chi connectivity index (χ2v) is 4.63. The van der Waals surface area contributed by atoms with E-state index in [1.165, 1.54) is 25.8 Å². The fraction of sp³-hybridized carbons (Fsp3) is 1.00. The first kappa shape index (κ1) is 12.9. The third kappa shape index (κ3) is 4.49. The van der Waals surface area contributed by atoms with Gasteiger partial charge in [-0.15, -0.1) is 0 Å². The summed E-state index contributed by atoms with van der Waals surface area (Å²) < 4.78 is 0. The number of hydrogen-bond acceptors (Lipinski definition) is 3. The topological polar surface area (TPSA) is 35.5 Å². The van der Waals surface area contributed by atoms with Gasteiger partial charge in [0.2, 0.25) is 0 Å². The zero-order chi connectivity index (χ0) is 11.1. The molecule has 90 valence electrons. The second kappa shape index (κ2) is 7.20. The Balaban J connectivity index is 2.40. The summed E-state index contributed by atoms with van der Waals surface area (Å²) in [5, 5.41) is 12.5. The fourth-order valence-electron chi connectivity index (χ4n) is 2.68. The number of likely N-dealkylation sites (tertiary alicyclic amines) is 1. The lowest BCUT2D eigenvalue weighted by atomic mass is 9.90. The Morgan fingerprint density at radius 3 is 2.73 bits per heavy atom. The van der Waals surface area contributed by atoms with Gasteiger partial charge in [0.15, 0.2) is 0 Å². The summed E-state index contributed by atoms with van der Waals surface area (Å²) in [5.41, 5.74) is 0. The van der Waals surface area contributed by atoms with E-state index in [9.17, 15) is 0 Å². The molecule has 0 bridgehead atoms. The maximum Gasteiger partial charge on any atom is 0.0558 e. The van der Waals surface area contributed by atoms with Crippen molar-refractivity contribution in [1.29, 1.82) is 0 Å². The molecule has 15 heavy (non-hydrogen) atoms. The molecule has 0 aromatic carbocycles. The lowest BCUT2D eigenvalue weighted by Gasteiger charge is -2.38. The van der Waals surface area contributed by atoms with Gasteiger partial charge in [-0.3, -0.25) is 4.90 Å². The van der Waals surface area contributed by atoms with Crippen molar-refractivity contribution in [3.05, 3.63) is 0 Å². The smallest absolute Gasteiger partial charge is 0.0558 e. The molecule has 1 fully saturated rings. The number of piperidine rings is 1. The standard InChI is InChI=1S/C12H26N2O/c1-3-5-11-8-12(13-4-2)10-14(9-11)6-7-15/h11-13,15H,3-10H2,1-2H3. The number of aliphatic hydroxyl groups excluding tert-OH is 1. The van der Waals surface area contributed by atoms with E-state index in [-0.39, 0.29) is 6.61 Å². The molecule has 0 saturated carbocycles. The zero-order valence-corrected chi connectivity index (χ0v) is 10.2. The van der Waals surface area contributed by atoms with Crippen molar-refractivity contribution in [2.45, 2.75) is 39.2 Å². The van der Waals surface area contributed by atoms with E-state index in [1.54, 1.807) is 0 Å². The molecule has 1 saturated heterocycles. The number of hydrogen-bond donors (Lipinski definition) is 2. The summed E-state index contributed by atoms with van der Waals surface area (Å²) in [7, 11) is 0. The Morgan fingerprint density at radius 1 is 1.33 bits per heavy atom. The van der Waals surface area contributed by atoms with Crippen LogP contribution in [0.5, 0.6) is 0 Å². The van der Waals surface area contributed by atoms with Gasteiger partial charge in [-0.25, -0.2) is 0 Å². The van der Waals surface area contributed by atoms with Crippen LogP contribution in [0.3, 0.4) is 0 Å². The minimum absolute atomic E-state index is 0.289. The molecule has 2 N–H and O–H groups in total. The molecule has 1 rings (SSSR count). The third-order valence-corrected chi connectivity index (χ3v) is 3.22. The van der Waals surface area contributed by atoms with E-state index in [4.69, 9.17) is 5.11 Å². The average molecular weight is 214 g/mol. The maximum absolute atomic E-state index is 8.99. The summed E-state index contributed by atoms with van der Waals surface area (Å²) in [6, 6.07) is 0.631. The number of nitrogens with one attached hydrogen (secondary N) is 1. The van der Waals surface area contributed by atoms with Crippen LogP contribution in [0.2, 0.25) is 0 Å². The minimum Gasteiger partial charge on any atom is -0.395 e. The Bertz CT molecular complexity index is 129. The van der Waals surface area contributed by atoms with Gasteiger partial charge in [0.05, 0.1) is 6.61 Å². The summed E-state index contributed by atoms with van der Waals surface area (Å²) in [6.45, 7) is 8.88. The van der Waals surface area contributed by atoms with E-state index in [0.29, 0.717) is 6.04 Å². The van der Waals surface area contributed by atoms with Gasteiger partial charge in [0.1, 0.15) is 0 Å². The van der Waals surface area contributed by atoms with E-state index < -0.39 is 0 Å². The van der Waals surface area contributed by atoms with Crippen molar-refractivity contribution in [1.82, 2.24) is 10.2 Å². The SMILES string of the molecule is CCCC1CC(NCC)CN(CCO)C1. The van der Waals surface area contributed by atoms with Crippen molar-refractivity contribution in [3.63, 3.8) is 0 Å². The average Bonchev–Trinajstić information content (AvgIpc) is 2.19. The van der Waals surface area contributed by atoms with Gasteiger partial charge in [-0.2, -0.15) is 0 Å². The van der Waals surface area contributed by atoms with Crippen LogP contribution in [-0.4, -0.2) is 48.8 Å². The van der Waals surface area contributed by atoms with Crippen LogP contribution in [0.1, 0.15) is 33.1 Å². The van der Waals surface area contributed by atoms with Crippen LogP contribution >= 0.6 is 0 Å². The highest BCUT2D eigenvalue weighted by Crippen LogP contribution is 2.20. The molecule has 3 nitrogen and oxygen atoms in total. The zero-order valence-electron chi connectivity index (χ0n) is 10.2. The fourth-order valence-corrected chi connectivity index (χ4v) is 2.68. The second-order valence-electron chi connectivity index (χ2n) is 4.63. The molecule has 1 aliphatic heterocycles. The van der Waals surface area contributed by atoms with Crippen molar-refractivity contribution in [3.8, 4) is 0 Å². The summed E-state index contributed by atoms with van der Waals surface area (Å²) in [5.74, 6) is 0.819. The van der Waals surface area contributed by atoms with Crippen molar-refractivity contribution in [2.24, 2.45) is 5.92 Å². The van der Waals surface area contributed by atoms with E-state index in [1.807, 2.05) is 0 Å². The molecule has 3 heteroatoms. The molecule has 0 aromatic heterocycles. The first-order valence-corrected chi connectivity index (χ1v) is 6.36. The van der Waals surface area contributed by atoms with Gasteiger partial charge in [-0.05, 0) is 25.3 Å². The molecule has 2 atom stereocenters. The highest BCUT2D eigenvalue weighted by Gasteiger charge is 2.25. The molecule has 1 aliphatic rings. The quantitative estimate of drug-likeness (QED) is 0.694. The van der Waals surface area contributed by atoms with Crippen LogP contribution in [0.4, 0.5) is 0 Å². The number of likely N-dealkylation sites (N-methyl/N-ethyl adjacent to an activating group) is 1. The Kier molecular flexibility index (Phi) is 6.22. The van der Waals surface area contributed by atoms with Gasteiger partial charge in [-0.1, -0.05) is 20.3 Å². The van der Waals surface area contributed by atoms with Crippen molar-refractivity contribution >= 4 is 0 Å². The molecule has 2 unspecified atom stereocenters. The molecular weight excluding hydrogens is 188 g/mol. The van der Waals surface area contributed by atoms with Gasteiger partial charge in [0.25, 0.3) is 0 Å². The normalized spacial score (nSPS) is 28.2. The molecule has 0 radical (unpaired) electrons. The molecule has 0 spiro atoms. The summed E-state index contributed by atoms with van der Waals surface area (Å²) in [6.07, 6.45) is 3.91. The maximum atomic E-state index is 8.99. The van der Waals surface area contributed by atoms with Crippen LogP contribution in [0.15, 0.2) is 0 Å². The Morgan fingerprint density at radius 2 is 2.13 bits per heavy atom. The molecule has 1 heterocycles. The first-order valence-electron chi connectivity index (χ1n) is 6.36. The molecule has 0 aromatic rings. The van der Waals surface area contributed by atoms with E-state index >= 15 is 0 Å². The van der Waals surface area contributed by atoms with Crippen molar-refractivity contribution in [2.75, 3.05) is 32.8 Å². The summed E-state index contributed by atoms with van der Waals surface area (Å²) in [4.78, 5) is 2.40. The van der Waals surface area contributed by atoms with Crippen LogP contribution < -0.4 is 5.32 Å². The van der Waals surface area contributed by atoms with Crippen LogP contribution in [0, 0.1) is 5.92 Å². The predicted octanol–water partition coefficient (Wildman–Crippen LogP) is 1.08. The minimum atomic E-state index is 0.289. The largest absolute Gasteiger partial charge is 0.395 e. The van der Waals surface area contributed by atoms with Crippen LogP contribution in [0.25, 0.3) is 0 Å². The van der Waals surface area contributed by atoms with Gasteiger partial charge in [0, 0.05) is 25.7 Å². The van der Waals surface area contributed by atoms with Gasteiger partial charge >= 0.3 is 0 Å². The van der Waals surface area contributed by atoms with E-state index in [2.05, 4.69) is 24.1 Å². The number of β-amino-alcohol motifs (C(OH)–C–C–N with tert-alkyl or cyclic N) is 1. The molecule has 0 amide bonds. The first-order chi connectivity index (χ1) is 7.30. The number of nitrogens with zero attached hydrogens (tertiary/aromatic N) is 1. The molecular formula is C12H26N2O. The highest BCUT2D eigenvalue weighted by molar-refractivity contribution is 4.82.